The number of carbonyl (C=O) groups excluding carboxylic acids is 1. The standard InChI is InChI=1S/C19H21NO4/c1-20(17(19(22)23)12-14-7-4-3-5-8-14)18(21)13-15-9-6-10-16(11-15)24-2/h3-11,17H,12-13H2,1-2H3,(H,22,23). The van der Waals surface area contributed by atoms with Crippen molar-refractivity contribution >= 4 is 11.9 Å². The highest BCUT2D eigenvalue weighted by Crippen LogP contribution is 2.15. The topological polar surface area (TPSA) is 66.8 Å². The number of hydrogen-bond acceptors (Lipinski definition) is 3. The number of benzene rings is 2. The lowest BCUT2D eigenvalue weighted by Gasteiger charge is -2.25. The van der Waals surface area contributed by atoms with Gasteiger partial charge in [-0.25, -0.2) is 4.79 Å². The molecule has 24 heavy (non-hydrogen) atoms. The number of aliphatic carboxylic acids is 1. The summed E-state index contributed by atoms with van der Waals surface area (Å²) in [5, 5.41) is 9.49. The van der Waals surface area contributed by atoms with Crippen molar-refractivity contribution < 1.29 is 19.4 Å². The molecule has 5 heteroatoms. The number of rotatable bonds is 7. The van der Waals surface area contributed by atoms with E-state index in [1.165, 1.54) is 11.9 Å². The molecular formula is C19H21NO4. The molecule has 126 valence electrons. The van der Waals surface area contributed by atoms with Crippen LogP contribution in [0.15, 0.2) is 54.6 Å². The number of methoxy groups -OCH3 is 1. The molecule has 0 heterocycles. The molecule has 2 aromatic carbocycles. The first-order valence-corrected chi connectivity index (χ1v) is 7.66. The second-order valence-electron chi connectivity index (χ2n) is 5.58. The van der Waals surface area contributed by atoms with Gasteiger partial charge < -0.3 is 14.7 Å². The Morgan fingerprint density at radius 3 is 2.38 bits per heavy atom. The number of carboxylic acid groups (broad SMARTS) is 1. The molecule has 0 aliphatic rings. The van der Waals surface area contributed by atoms with E-state index in [9.17, 15) is 14.7 Å². The van der Waals surface area contributed by atoms with E-state index >= 15 is 0 Å². The van der Waals surface area contributed by atoms with Crippen molar-refractivity contribution in [1.82, 2.24) is 4.90 Å². The van der Waals surface area contributed by atoms with Crippen molar-refractivity contribution in [3.8, 4) is 5.75 Å². The van der Waals surface area contributed by atoms with Crippen molar-refractivity contribution in [3.05, 3.63) is 65.7 Å². The van der Waals surface area contributed by atoms with Gasteiger partial charge >= 0.3 is 5.97 Å². The molecule has 1 unspecified atom stereocenters. The summed E-state index contributed by atoms with van der Waals surface area (Å²) in [4.78, 5) is 25.4. The molecule has 0 radical (unpaired) electrons. The smallest absolute Gasteiger partial charge is 0.326 e. The van der Waals surface area contributed by atoms with E-state index < -0.39 is 12.0 Å². The van der Waals surface area contributed by atoms with Crippen LogP contribution in [0.3, 0.4) is 0 Å². The number of hydrogen-bond donors (Lipinski definition) is 1. The van der Waals surface area contributed by atoms with Gasteiger partial charge in [-0.1, -0.05) is 42.5 Å². The third-order valence-electron chi connectivity index (χ3n) is 3.91. The summed E-state index contributed by atoms with van der Waals surface area (Å²) in [6.07, 6.45) is 0.406. The van der Waals surface area contributed by atoms with Crippen LogP contribution in [-0.2, 0) is 22.4 Å². The van der Waals surface area contributed by atoms with E-state index in [2.05, 4.69) is 0 Å². The highest BCUT2D eigenvalue weighted by Gasteiger charge is 2.26. The fourth-order valence-corrected chi connectivity index (χ4v) is 2.48. The number of likely N-dealkylation sites (N-methyl/N-ethyl adjacent to an activating group) is 1. The Kier molecular flexibility index (Phi) is 5.95. The largest absolute Gasteiger partial charge is 0.497 e. The minimum Gasteiger partial charge on any atom is -0.497 e. The Morgan fingerprint density at radius 2 is 1.75 bits per heavy atom. The van der Waals surface area contributed by atoms with Gasteiger partial charge in [0.05, 0.1) is 13.5 Å². The molecule has 2 aromatic rings. The lowest BCUT2D eigenvalue weighted by atomic mass is 10.0. The molecule has 2 rings (SSSR count). The van der Waals surface area contributed by atoms with Crippen LogP contribution in [-0.4, -0.2) is 42.1 Å². The average Bonchev–Trinajstić information content (AvgIpc) is 2.59. The summed E-state index contributed by atoms with van der Waals surface area (Å²) in [5.74, 6) is -0.589. The van der Waals surface area contributed by atoms with E-state index in [-0.39, 0.29) is 18.7 Å². The highest BCUT2D eigenvalue weighted by molar-refractivity contribution is 5.85. The molecule has 0 aliphatic carbocycles. The quantitative estimate of drug-likeness (QED) is 0.848. The van der Waals surface area contributed by atoms with Crippen molar-refractivity contribution in [2.75, 3.05) is 14.2 Å². The second kappa shape index (κ2) is 8.15. The van der Waals surface area contributed by atoms with Gasteiger partial charge in [-0.3, -0.25) is 4.79 Å². The molecule has 0 fully saturated rings. The second-order valence-corrected chi connectivity index (χ2v) is 5.58. The van der Waals surface area contributed by atoms with Gasteiger partial charge in [-0.05, 0) is 23.3 Å². The maximum absolute atomic E-state index is 12.5. The monoisotopic (exact) mass is 327 g/mol. The lowest BCUT2D eigenvalue weighted by molar-refractivity contribution is -0.148. The minimum atomic E-state index is -1.01. The van der Waals surface area contributed by atoms with Crippen LogP contribution in [0, 0.1) is 0 Å². The third kappa shape index (κ3) is 4.59. The summed E-state index contributed by atoms with van der Waals surface area (Å²) < 4.78 is 5.14. The van der Waals surface area contributed by atoms with Crippen LogP contribution in [0.2, 0.25) is 0 Å². The fourth-order valence-electron chi connectivity index (χ4n) is 2.48. The number of amides is 1. The SMILES string of the molecule is COc1cccc(CC(=O)N(C)C(Cc2ccccc2)C(=O)O)c1. The van der Waals surface area contributed by atoms with Gasteiger partial charge in [0.2, 0.25) is 5.91 Å². The molecule has 1 amide bonds. The van der Waals surface area contributed by atoms with Crippen LogP contribution in [0.25, 0.3) is 0 Å². The van der Waals surface area contributed by atoms with Crippen molar-refractivity contribution in [2.24, 2.45) is 0 Å². The van der Waals surface area contributed by atoms with Gasteiger partial charge in [0.1, 0.15) is 11.8 Å². The summed E-state index contributed by atoms with van der Waals surface area (Å²) in [5.41, 5.74) is 1.67. The molecule has 0 aromatic heterocycles. The van der Waals surface area contributed by atoms with Gasteiger partial charge in [0.25, 0.3) is 0 Å². The van der Waals surface area contributed by atoms with E-state index in [0.717, 1.165) is 11.1 Å². The van der Waals surface area contributed by atoms with Crippen molar-refractivity contribution in [3.63, 3.8) is 0 Å². The molecule has 1 N–H and O–H groups in total. The molecule has 0 spiro atoms. The summed E-state index contributed by atoms with van der Waals surface area (Å²) in [6.45, 7) is 0. The van der Waals surface area contributed by atoms with E-state index in [4.69, 9.17) is 4.74 Å². The maximum Gasteiger partial charge on any atom is 0.326 e. The van der Waals surface area contributed by atoms with Gasteiger partial charge in [-0.15, -0.1) is 0 Å². The van der Waals surface area contributed by atoms with Crippen LogP contribution in [0.5, 0.6) is 5.75 Å². The van der Waals surface area contributed by atoms with Crippen LogP contribution in [0.4, 0.5) is 0 Å². The van der Waals surface area contributed by atoms with Crippen molar-refractivity contribution in [2.45, 2.75) is 18.9 Å². The average molecular weight is 327 g/mol. The van der Waals surface area contributed by atoms with Gasteiger partial charge in [-0.2, -0.15) is 0 Å². The molecule has 0 aliphatic heterocycles. The van der Waals surface area contributed by atoms with E-state index in [1.807, 2.05) is 36.4 Å². The Labute approximate surface area is 141 Å². The first kappa shape index (κ1) is 17.5. The molecular weight excluding hydrogens is 306 g/mol. The van der Waals surface area contributed by atoms with E-state index in [0.29, 0.717) is 5.75 Å². The molecule has 0 saturated carbocycles. The molecule has 0 bridgehead atoms. The highest BCUT2D eigenvalue weighted by atomic mass is 16.5. The molecule has 1 atom stereocenters. The molecule has 5 nitrogen and oxygen atoms in total. The van der Waals surface area contributed by atoms with Crippen LogP contribution >= 0.6 is 0 Å². The zero-order valence-corrected chi connectivity index (χ0v) is 13.8. The Bertz CT molecular complexity index is 700. The van der Waals surface area contributed by atoms with Crippen LogP contribution in [0.1, 0.15) is 11.1 Å². The third-order valence-corrected chi connectivity index (χ3v) is 3.91. The summed E-state index contributed by atoms with van der Waals surface area (Å²) in [7, 11) is 3.09. The van der Waals surface area contributed by atoms with Crippen molar-refractivity contribution in [1.29, 1.82) is 0 Å². The Morgan fingerprint density at radius 1 is 1.08 bits per heavy atom. The zero-order chi connectivity index (χ0) is 17.5. The predicted molar refractivity (Wildman–Crippen MR) is 91.0 cm³/mol. The lowest BCUT2D eigenvalue weighted by Crippen LogP contribution is -2.44. The number of carbonyl (C=O) groups is 2. The van der Waals surface area contributed by atoms with E-state index in [1.54, 1.807) is 25.3 Å². The number of carboxylic acids is 1. The minimum absolute atomic E-state index is 0.131. The summed E-state index contributed by atoms with van der Waals surface area (Å²) >= 11 is 0. The first-order valence-electron chi connectivity index (χ1n) is 7.66. The Hall–Kier alpha value is -2.82. The normalized spacial score (nSPS) is 11.6. The van der Waals surface area contributed by atoms with Gasteiger partial charge in [0, 0.05) is 13.5 Å². The number of nitrogens with zero attached hydrogens (tertiary/aromatic N) is 1. The fraction of sp³-hybridized carbons (Fsp3) is 0.263. The molecule has 0 saturated heterocycles. The summed E-state index contributed by atoms with van der Waals surface area (Å²) in [6, 6.07) is 15.6. The first-order chi connectivity index (χ1) is 11.5. The van der Waals surface area contributed by atoms with Gasteiger partial charge in [0.15, 0.2) is 0 Å². The predicted octanol–water partition coefficient (Wildman–Crippen LogP) is 2.39. The number of ether oxygens (including phenoxy) is 1. The zero-order valence-electron chi connectivity index (χ0n) is 13.8. The Balaban J connectivity index is 2.09. The maximum atomic E-state index is 12.5. The van der Waals surface area contributed by atoms with Crippen LogP contribution < -0.4 is 4.74 Å².